The highest BCUT2D eigenvalue weighted by molar-refractivity contribution is 5.81. The van der Waals surface area contributed by atoms with Gasteiger partial charge in [-0.2, -0.15) is 0 Å². The Morgan fingerprint density at radius 2 is 1.03 bits per heavy atom. The van der Waals surface area contributed by atoms with Crippen molar-refractivity contribution < 1.29 is 29.0 Å². The van der Waals surface area contributed by atoms with Crippen LogP contribution in [0, 0.1) is 11.8 Å². The summed E-state index contributed by atoms with van der Waals surface area (Å²) in [5.74, 6) is -3.30. The second kappa shape index (κ2) is 24.1. The smallest absolute Gasteiger partial charge is 0.309 e. The van der Waals surface area contributed by atoms with E-state index in [0.717, 1.165) is 38.5 Å². The van der Waals surface area contributed by atoms with Crippen molar-refractivity contribution in [3.63, 3.8) is 0 Å². The number of carbonyl (C=O) groups is 3. The fourth-order valence-corrected chi connectivity index (χ4v) is 4.26. The summed E-state index contributed by atoms with van der Waals surface area (Å²) >= 11 is 0. The summed E-state index contributed by atoms with van der Waals surface area (Å²) in [6.07, 6.45) is 18.9. The molecule has 2 atom stereocenters. The van der Waals surface area contributed by atoms with E-state index in [1.165, 1.54) is 64.2 Å². The lowest BCUT2D eigenvalue weighted by atomic mass is 9.90. The van der Waals surface area contributed by atoms with Crippen molar-refractivity contribution in [2.75, 3.05) is 13.2 Å². The molecule has 0 rings (SSSR count). The molecule has 0 saturated carbocycles. The summed E-state index contributed by atoms with van der Waals surface area (Å²) in [6, 6.07) is 0. The van der Waals surface area contributed by atoms with Gasteiger partial charge in [0.15, 0.2) is 0 Å². The van der Waals surface area contributed by atoms with E-state index in [1.54, 1.807) is 6.92 Å². The highest BCUT2D eigenvalue weighted by atomic mass is 16.5. The third-order valence-corrected chi connectivity index (χ3v) is 6.66. The zero-order valence-corrected chi connectivity index (χ0v) is 23.0. The van der Waals surface area contributed by atoms with Gasteiger partial charge in [-0.05, 0) is 25.7 Å². The summed E-state index contributed by atoms with van der Waals surface area (Å²) in [7, 11) is 0. The highest BCUT2D eigenvalue weighted by Gasteiger charge is 2.29. The largest absolute Gasteiger partial charge is 0.481 e. The first-order valence-corrected chi connectivity index (χ1v) is 14.5. The van der Waals surface area contributed by atoms with Crippen LogP contribution in [0.5, 0.6) is 0 Å². The molecule has 0 fully saturated rings. The Bertz CT molecular complexity index is 533. The number of unbranched alkanes of at least 4 members (excludes halogenated alkanes) is 14. The molecule has 0 aromatic rings. The Morgan fingerprint density at radius 3 is 1.46 bits per heavy atom. The average Bonchev–Trinajstić information content (AvgIpc) is 2.84. The molecule has 0 amide bonds. The molecule has 6 heteroatoms. The minimum Gasteiger partial charge on any atom is -0.481 e. The first kappa shape index (κ1) is 33.4. The van der Waals surface area contributed by atoms with Gasteiger partial charge in [-0.1, -0.05) is 111 Å². The molecule has 206 valence electrons. The second-order valence-corrected chi connectivity index (χ2v) is 9.92. The van der Waals surface area contributed by atoms with Crippen LogP contribution in [-0.4, -0.2) is 36.2 Å². The van der Waals surface area contributed by atoms with E-state index in [4.69, 9.17) is 9.47 Å². The van der Waals surface area contributed by atoms with Crippen LogP contribution in [-0.2, 0) is 23.9 Å². The van der Waals surface area contributed by atoms with Gasteiger partial charge in [0.2, 0.25) is 0 Å². The van der Waals surface area contributed by atoms with E-state index < -0.39 is 29.7 Å². The van der Waals surface area contributed by atoms with Crippen molar-refractivity contribution in [1.29, 1.82) is 0 Å². The van der Waals surface area contributed by atoms with E-state index in [2.05, 4.69) is 13.8 Å². The summed E-state index contributed by atoms with van der Waals surface area (Å²) < 4.78 is 10.8. The number of rotatable bonds is 25. The van der Waals surface area contributed by atoms with Crippen molar-refractivity contribution >= 4 is 17.9 Å². The normalized spacial score (nSPS) is 12.8. The van der Waals surface area contributed by atoms with Crippen molar-refractivity contribution in [2.24, 2.45) is 11.8 Å². The van der Waals surface area contributed by atoms with E-state index in [0.29, 0.717) is 19.6 Å². The Balaban J connectivity index is 4.31. The van der Waals surface area contributed by atoms with Gasteiger partial charge >= 0.3 is 17.9 Å². The van der Waals surface area contributed by atoms with E-state index >= 15 is 0 Å². The number of hydrogen-bond acceptors (Lipinski definition) is 5. The number of esters is 2. The first-order chi connectivity index (χ1) is 17.0. The maximum atomic E-state index is 12.7. The molecule has 0 saturated heterocycles. The predicted octanol–water partition coefficient (Wildman–Crippen LogP) is 7.86. The minimum atomic E-state index is -0.944. The fraction of sp³-hybridized carbons (Fsp3) is 0.897. The standard InChI is InChI=1S/C29H54O6/c1-4-7-9-11-13-15-17-19-21-34-27(30)24-26(23-25(6-3)28(31)32)29(33)35-22-20-18-16-14-12-10-8-5-2/h25-26H,4-24H2,1-3H3,(H,31,32). The lowest BCUT2D eigenvalue weighted by Crippen LogP contribution is -2.27. The van der Waals surface area contributed by atoms with Crippen LogP contribution in [0.25, 0.3) is 0 Å². The molecular weight excluding hydrogens is 444 g/mol. The fourth-order valence-electron chi connectivity index (χ4n) is 4.26. The minimum absolute atomic E-state index is 0.106. The molecule has 0 aliphatic heterocycles. The molecule has 0 spiro atoms. The van der Waals surface area contributed by atoms with Crippen LogP contribution >= 0.6 is 0 Å². The van der Waals surface area contributed by atoms with Gasteiger partial charge in [0.05, 0.1) is 31.5 Å². The first-order valence-electron chi connectivity index (χ1n) is 14.5. The van der Waals surface area contributed by atoms with Crippen molar-refractivity contribution in [3.8, 4) is 0 Å². The van der Waals surface area contributed by atoms with Crippen molar-refractivity contribution in [3.05, 3.63) is 0 Å². The van der Waals surface area contributed by atoms with Gasteiger partial charge < -0.3 is 14.6 Å². The van der Waals surface area contributed by atoms with E-state index in [1.807, 2.05) is 0 Å². The van der Waals surface area contributed by atoms with Crippen LogP contribution in [0.3, 0.4) is 0 Å². The maximum absolute atomic E-state index is 12.7. The average molecular weight is 499 g/mol. The molecule has 0 aliphatic carbocycles. The van der Waals surface area contributed by atoms with Gasteiger partial charge in [0.25, 0.3) is 0 Å². The third-order valence-electron chi connectivity index (χ3n) is 6.66. The number of carboxylic acids is 1. The number of carboxylic acid groups (broad SMARTS) is 1. The molecule has 0 radical (unpaired) electrons. The van der Waals surface area contributed by atoms with Gasteiger partial charge in [-0.3, -0.25) is 14.4 Å². The topological polar surface area (TPSA) is 89.9 Å². The zero-order valence-electron chi connectivity index (χ0n) is 23.0. The van der Waals surface area contributed by atoms with Crippen LogP contribution in [0.4, 0.5) is 0 Å². The zero-order chi connectivity index (χ0) is 26.2. The van der Waals surface area contributed by atoms with Crippen molar-refractivity contribution in [1.82, 2.24) is 0 Å². The SMILES string of the molecule is CCCCCCCCCCOC(=O)CC(CC(CC)C(=O)O)C(=O)OCCCCCCCCCC. The van der Waals surface area contributed by atoms with Gasteiger partial charge in [0.1, 0.15) is 0 Å². The third kappa shape index (κ3) is 20.3. The summed E-state index contributed by atoms with van der Waals surface area (Å²) in [4.78, 5) is 36.5. The number of hydrogen-bond donors (Lipinski definition) is 1. The molecule has 0 bridgehead atoms. The Labute approximate surface area is 214 Å². The van der Waals surface area contributed by atoms with Gasteiger partial charge in [-0.25, -0.2) is 0 Å². The molecule has 35 heavy (non-hydrogen) atoms. The number of carbonyl (C=O) groups excluding carboxylic acids is 2. The summed E-state index contributed by atoms with van der Waals surface area (Å²) in [6.45, 7) is 6.87. The van der Waals surface area contributed by atoms with Crippen LogP contribution in [0.1, 0.15) is 143 Å². The number of aliphatic carboxylic acids is 1. The Kier molecular flexibility index (Phi) is 23.0. The predicted molar refractivity (Wildman–Crippen MR) is 141 cm³/mol. The molecule has 0 heterocycles. The van der Waals surface area contributed by atoms with E-state index in [-0.39, 0.29) is 12.8 Å². The quantitative estimate of drug-likeness (QED) is 0.102. The molecule has 0 aromatic heterocycles. The molecule has 6 nitrogen and oxygen atoms in total. The monoisotopic (exact) mass is 498 g/mol. The van der Waals surface area contributed by atoms with E-state index in [9.17, 15) is 19.5 Å². The Hall–Kier alpha value is -1.59. The van der Waals surface area contributed by atoms with Crippen LogP contribution < -0.4 is 0 Å². The molecule has 1 N–H and O–H groups in total. The maximum Gasteiger partial charge on any atom is 0.309 e. The second-order valence-electron chi connectivity index (χ2n) is 9.92. The summed E-state index contributed by atoms with van der Waals surface area (Å²) in [5.41, 5.74) is 0. The van der Waals surface area contributed by atoms with Gasteiger partial charge in [0, 0.05) is 0 Å². The lowest BCUT2D eigenvalue weighted by molar-refractivity contribution is -0.157. The Morgan fingerprint density at radius 1 is 0.600 bits per heavy atom. The van der Waals surface area contributed by atoms with Crippen molar-refractivity contribution in [2.45, 2.75) is 143 Å². The molecule has 2 unspecified atom stereocenters. The molecular formula is C29H54O6. The van der Waals surface area contributed by atoms with Crippen LogP contribution in [0.15, 0.2) is 0 Å². The molecule has 0 aliphatic rings. The van der Waals surface area contributed by atoms with Gasteiger partial charge in [-0.15, -0.1) is 0 Å². The van der Waals surface area contributed by atoms with Crippen LogP contribution in [0.2, 0.25) is 0 Å². The lowest BCUT2D eigenvalue weighted by Gasteiger charge is -2.19. The highest BCUT2D eigenvalue weighted by Crippen LogP contribution is 2.22. The summed E-state index contributed by atoms with van der Waals surface area (Å²) in [5, 5.41) is 9.41. The number of ether oxygens (including phenoxy) is 2. The molecule has 0 aromatic carbocycles.